The molecular formula is C7H16LiN. The fraction of sp³-hybridized carbons (Fsp3) is 0.857. The van der Waals surface area contributed by atoms with Crippen molar-refractivity contribution in [2.45, 2.75) is 33.6 Å². The van der Waals surface area contributed by atoms with Gasteiger partial charge in [0, 0.05) is 5.71 Å². The second kappa shape index (κ2) is 6.39. The van der Waals surface area contributed by atoms with Crippen LogP contribution in [0.4, 0.5) is 0 Å². The molecule has 0 aliphatic rings. The van der Waals surface area contributed by atoms with Crippen LogP contribution < -0.4 is 18.9 Å². The van der Waals surface area contributed by atoms with Crippen molar-refractivity contribution in [3.63, 3.8) is 0 Å². The minimum absolute atomic E-state index is 0. The minimum Gasteiger partial charge on any atom is -1.00 e. The molecule has 0 spiro atoms. The topological polar surface area (TPSA) is 23.9 Å². The van der Waals surface area contributed by atoms with Gasteiger partial charge in [-0.05, 0) is 25.7 Å². The summed E-state index contributed by atoms with van der Waals surface area (Å²) in [7, 11) is 0. The zero-order valence-electron chi connectivity index (χ0n) is 7.99. The van der Waals surface area contributed by atoms with Crippen LogP contribution in [0.1, 0.15) is 35.0 Å². The first-order valence-corrected chi connectivity index (χ1v) is 3.17. The Morgan fingerprint density at radius 1 is 1.56 bits per heavy atom. The quantitative estimate of drug-likeness (QED) is 0.387. The van der Waals surface area contributed by atoms with E-state index in [1.165, 1.54) is 0 Å². The van der Waals surface area contributed by atoms with Gasteiger partial charge in [0.2, 0.25) is 0 Å². The van der Waals surface area contributed by atoms with Gasteiger partial charge in [-0.1, -0.05) is 13.8 Å². The van der Waals surface area contributed by atoms with Crippen LogP contribution in [0.15, 0.2) is 0 Å². The summed E-state index contributed by atoms with van der Waals surface area (Å²) in [5.41, 5.74) is 0.804. The molecule has 0 rings (SSSR count). The summed E-state index contributed by atoms with van der Waals surface area (Å²) in [5.74, 6) is 0.746. The van der Waals surface area contributed by atoms with Gasteiger partial charge in [-0.15, -0.1) is 0 Å². The third-order valence-corrected chi connectivity index (χ3v) is 1.10. The fourth-order valence-corrected chi connectivity index (χ4v) is 0.505. The molecule has 0 heterocycles. The SMILES string of the molecule is CC(=N)CCC(C)C.[H-].[Li+]. The molecule has 2 heteroatoms. The standard InChI is InChI=1S/C7H15N.Li.H/c1-6(2)4-5-7(3)8;;/h6,8H,4-5H2,1-3H3;;/q;+1;-1. The molecule has 50 valence electrons. The Bertz CT molecular complexity index is 83.7. The van der Waals surface area contributed by atoms with Crippen molar-refractivity contribution >= 4 is 5.71 Å². The number of hydrogen-bond donors (Lipinski definition) is 1. The summed E-state index contributed by atoms with van der Waals surface area (Å²) in [6.07, 6.45) is 2.13. The first kappa shape index (κ1) is 12.0. The maximum atomic E-state index is 7.09. The Hall–Kier alpha value is 0.267. The van der Waals surface area contributed by atoms with Crippen LogP contribution in [0, 0.1) is 11.3 Å². The van der Waals surface area contributed by atoms with Crippen molar-refractivity contribution in [3.8, 4) is 0 Å². The van der Waals surface area contributed by atoms with E-state index in [0.29, 0.717) is 0 Å². The van der Waals surface area contributed by atoms with Gasteiger partial charge in [0.1, 0.15) is 0 Å². The van der Waals surface area contributed by atoms with E-state index < -0.39 is 0 Å². The van der Waals surface area contributed by atoms with Crippen molar-refractivity contribution in [2.24, 2.45) is 5.92 Å². The van der Waals surface area contributed by atoms with E-state index in [9.17, 15) is 0 Å². The minimum atomic E-state index is 0. The molecular weight excluding hydrogens is 105 g/mol. The van der Waals surface area contributed by atoms with Gasteiger partial charge in [-0.25, -0.2) is 0 Å². The molecule has 0 atom stereocenters. The third-order valence-electron chi connectivity index (χ3n) is 1.10. The predicted octanol–water partition coefficient (Wildman–Crippen LogP) is -0.421. The molecule has 0 aromatic carbocycles. The van der Waals surface area contributed by atoms with Crippen LogP contribution in [0.2, 0.25) is 0 Å². The number of hydrogen-bond acceptors (Lipinski definition) is 1. The Kier molecular flexibility index (Phi) is 8.51. The van der Waals surface area contributed by atoms with Crippen molar-refractivity contribution < 1.29 is 20.3 Å². The largest absolute Gasteiger partial charge is 1.00 e. The predicted molar refractivity (Wildman–Crippen MR) is 38.6 cm³/mol. The summed E-state index contributed by atoms with van der Waals surface area (Å²) in [5, 5.41) is 7.09. The average molecular weight is 121 g/mol. The smallest absolute Gasteiger partial charge is 1.00 e. The van der Waals surface area contributed by atoms with Gasteiger partial charge < -0.3 is 6.84 Å². The van der Waals surface area contributed by atoms with Gasteiger partial charge in [-0.3, -0.25) is 0 Å². The Balaban J connectivity index is -0.000000245. The molecule has 0 unspecified atom stereocenters. The van der Waals surface area contributed by atoms with Crippen LogP contribution >= 0.6 is 0 Å². The monoisotopic (exact) mass is 121 g/mol. The third kappa shape index (κ3) is 11.7. The van der Waals surface area contributed by atoms with Gasteiger partial charge in [0.05, 0.1) is 0 Å². The van der Waals surface area contributed by atoms with Gasteiger partial charge in [0.15, 0.2) is 0 Å². The summed E-state index contributed by atoms with van der Waals surface area (Å²) in [4.78, 5) is 0. The van der Waals surface area contributed by atoms with E-state index in [1.54, 1.807) is 0 Å². The summed E-state index contributed by atoms with van der Waals surface area (Å²) < 4.78 is 0. The van der Waals surface area contributed by atoms with E-state index in [1.807, 2.05) is 6.92 Å². The molecule has 0 amide bonds. The Morgan fingerprint density at radius 3 is 2.11 bits per heavy atom. The van der Waals surface area contributed by atoms with Crippen LogP contribution in [0.3, 0.4) is 0 Å². The zero-order valence-corrected chi connectivity index (χ0v) is 6.99. The zero-order chi connectivity index (χ0) is 6.57. The first-order valence-electron chi connectivity index (χ1n) is 3.17. The molecule has 0 aromatic heterocycles. The number of rotatable bonds is 3. The first-order chi connectivity index (χ1) is 3.63. The van der Waals surface area contributed by atoms with E-state index >= 15 is 0 Å². The van der Waals surface area contributed by atoms with Crippen LogP contribution in [0.25, 0.3) is 0 Å². The van der Waals surface area contributed by atoms with Crippen molar-refractivity contribution in [1.29, 1.82) is 5.41 Å². The van der Waals surface area contributed by atoms with Crippen LogP contribution in [0.5, 0.6) is 0 Å². The fourth-order valence-electron chi connectivity index (χ4n) is 0.505. The molecule has 0 bridgehead atoms. The van der Waals surface area contributed by atoms with Crippen molar-refractivity contribution in [2.75, 3.05) is 0 Å². The van der Waals surface area contributed by atoms with Crippen LogP contribution in [-0.2, 0) is 0 Å². The second-order valence-corrected chi connectivity index (χ2v) is 2.71. The van der Waals surface area contributed by atoms with Crippen molar-refractivity contribution in [3.05, 3.63) is 0 Å². The molecule has 0 aliphatic carbocycles. The summed E-state index contributed by atoms with van der Waals surface area (Å²) in [6.45, 7) is 6.23. The van der Waals surface area contributed by atoms with E-state index in [4.69, 9.17) is 5.41 Å². The van der Waals surface area contributed by atoms with E-state index in [2.05, 4.69) is 13.8 Å². The summed E-state index contributed by atoms with van der Waals surface area (Å²) in [6, 6.07) is 0. The Labute approximate surface area is 71.4 Å². The molecule has 0 aliphatic heterocycles. The molecule has 1 nitrogen and oxygen atoms in total. The van der Waals surface area contributed by atoms with E-state index in [0.717, 1.165) is 24.5 Å². The molecule has 0 aromatic rings. The normalized spacial score (nSPS) is 8.89. The molecule has 0 radical (unpaired) electrons. The van der Waals surface area contributed by atoms with Gasteiger partial charge in [0.25, 0.3) is 0 Å². The Morgan fingerprint density at radius 2 is 2.00 bits per heavy atom. The van der Waals surface area contributed by atoms with Gasteiger partial charge in [-0.2, -0.15) is 0 Å². The maximum absolute atomic E-state index is 7.09. The van der Waals surface area contributed by atoms with Crippen LogP contribution in [-0.4, -0.2) is 5.71 Å². The summed E-state index contributed by atoms with van der Waals surface area (Å²) >= 11 is 0. The van der Waals surface area contributed by atoms with Gasteiger partial charge >= 0.3 is 18.9 Å². The number of nitrogens with one attached hydrogen (secondary N) is 1. The second-order valence-electron chi connectivity index (χ2n) is 2.71. The van der Waals surface area contributed by atoms with Crippen molar-refractivity contribution in [1.82, 2.24) is 0 Å². The molecule has 9 heavy (non-hydrogen) atoms. The maximum Gasteiger partial charge on any atom is 1.00 e. The van der Waals surface area contributed by atoms with E-state index in [-0.39, 0.29) is 20.3 Å². The average Bonchev–Trinajstić information content (AvgIpc) is 1.61. The molecule has 1 N–H and O–H groups in total. The molecule has 0 saturated heterocycles. The molecule has 0 saturated carbocycles. The molecule has 0 fully saturated rings.